The van der Waals surface area contributed by atoms with Crippen molar-refractivity contribution in [3.63, 3.8) is 0 Å². The van der Waals surface area contributed by atoms with Crippen LogP contribution in [-0.2, 0) is 0 Å². The van der Waals surface area contributed by atoms with Gasteiger partial charge in [-0.2, -0.15) is 5.10 Å². The molecule has 0 unspecified atom stereocenters. The van der Waals surface area contributed by atoms with Crippen LogP contribution in [0.5, 0.6) is 0 Å². The highest BCUT2D eigenvalue weighted by Crippen LogP contribution is 2.27. The molecule has 1 heterocycles. The van der Waals surface area contributed by atoms with E-state index in [0.717, 1.165) is 11.1 Å². The van der Waals surface area contributed by atoms with Crippen LogP contribution in [0.1, 0.15) is 25.5 Å². The van der Waals surface area contributed by atoms with Gasteiger partial charge in [0, 0.05) is 23.7 Å². The normalized spacial score (nSPS) is 10.9. The van der Waals surface area contributed by atoms with Gasteiger partial charge in [0.05, 0.1) is 4.92 Å². The predicted molar refractivity (Wildman–Crippen MR) is 74.6 cm³/mol. The minimum atomic E-state index is -0.413. The van der Waals surface area contributed by atoms with E-state index in [0.29, 0.717) is 10.6 Å². The van der Waals surface area contributed by atoms with Crippen molar-refractivity contribution in [3.05, 3.63) is 38.6 Å². The molecule has 6 nitrogen and oxygen atoms in total. The van der Waals surface area contributed by atoms with E-state index in [4.69, 9.17) is 12.2 Å². The maximum Gasteiger partial charge on any atom is 0.270 e. The van der Waals surface area contributed by atoms with Crippen LogP contribution in [0.15, 0.2) is 18.2 Å². The Morgan fingerprint density at radius 1 is 1.47 bits per heavy atom. The first-order chi connectivity index (χ1) is 8.91. The third-order valence-corrected chi connectivity index (χ3v) is 3.18. The van der Waals surface area contributed by atoms with Gasteiger partial charge in [0.15, 0.2) is 10.6 Å². The van der Waals surface area contributed by atoms with E-state index in [2.05, 4.69) is 10.2 Å². The minimum Gasteiger partial charge on any atom is -0.298 e. The first-order valence-corrected chi connectivity index (χ1v) is 6.25. The average molecular weight is 278 g/mol. The lowest BCUT2D eigenvalue weighted by Gasteiger charge is -2.11. The number of hydrogen-bond acceptors (Lipinski definition) is 4. The van der Waals surface area contributed by atoms with E-state index in [9.17, 15) is 10.1 Å². The lowest BCUT2D eigenvalue weighted by atomic mass is 10.1. The molecule has 1 N–H and O–H groups in total. The highest BCUT2D eigenvalue weighted by Gasteiger charge is 2.16. The largest absolute Gasteiger partial charge is 0.298 e. The van der Waals surface area contributed by atoms with Crippen molar-refractivity contribution in [1.82, 2.24) is 14.8 Å². The molecular formula is C12H14N4O2S. The van der Waals surface area contributed by atoms with Crippen molar-refractivity contribution in [1.29, 1.82) is 0 Å². The van der Waals surface area contributed by atoms with Gasteiger partial charge in [-0.3, -0.25) is 19.8 Å². The Morgan fingerprint density at radius 3 is 2.74 bits per heavy atom. The molecule has 2 aromatic rings. The number of nitrogens with one attached hydrogen (secondary N) is 1. The van der Waals surface area contributed by atoms with Crippen molar-refractivity contribution in [2.75, 3.05) is 0 Å². The van der Waals surface area contributed by atoms with Crippen LogP contribution < -0.4 is 0 Å². The minimum absolute atomic E-state index is 0.0461. The molecule has 7 heteroatoms. The van der Waals surface area contributed by atoms with Gasteiger partial charge in [0.25, 0.3) is 5.69 Å². The quantitative estimate of drug-likeness (QED) is 0.530. The molecule has 0 aliphatic rings. The van der Waals surface area contributed by atoms with E-state index in [1.807, 2.05) is 25.3 Å². The van der Waals surface area contributed by atoms with Crippen molar-refractivity contribution in [3.8, 4) is 11.4 Å². The lowest BCUT2D eigenvalue weighted by Crippen LogP contribution is -2.04. The summed E-state index contributed by atoms with van der Waals surface area (Å²) in [4.78, 5) is 10.5. The topological polar surface area (TPSA) is 76.8 Å². The molecule has 2 rings (SSSR count). The zero-order valence-corrected chi connectivity index (χ0v) is 11.7. The van der Waals surface area contributed by atoms with Crippen LogP contribution >= 0.6 is 12.2 Å². The fourth-order valence-electron chi connectivity index (χ4n) is 1.94. The van der Waals surface area contributed by atoms with Gasteiger partial charge in [-0.1, -0.05) is 6.07 Å². The number of hydrogen-bond donors (Lipinski definition) is 1. The molecular weight excluding hydrogens is 264 g/mol. The van der Waals surface area contributed by atoms with E-state index in [1.54, 1.807) is 6.07 Å². The van der Waals surface area contributed by atoms with Crippen molar-refractivity contribution < 1.29 is 4.92 Å². The number of nitro groups is 1. The van der Waals surface area contributed by atoms with Crippen LogP contribution in [0, 0.1) is 21.8 Å². The molecule has 0 radical (unpaired) electrons. The molecule has 0 saturated heterocycles. The summed E-state index contributed by atoms with van der Waals surface area (Å²) < 4.78 is 2.36. The average Bonchev–Trinajstić information content (AvgIpc) is 2.71. The van der Waals surface area contributed by atoms with Crippen LogP contribution in [-0.4, -0.2) is 19.7 Å². The monoisotopic (exact) mass is 278 g/mol. The van der Waals surface area contributed by atoms with Crippen molar-refractivity contribution in [2.24, 2.45) is 0 Å². The molecule has 1 aromatic carbocycles. The number of aromatic nitrogens is 3. The molecule has 0 bridgehead atoms. The van der Waals surface area contributed by atoms with E-state index < -0.39 is 4.92 Å². The summed E-state index contributed by atoms with van der Waals surface area (Å²) >= 11 is 5.19. The third-order valence-electron chi connectivity index (χ3n) is 2.89. The van der Waals surface area contributed by atoms with Gasteiger partial charge >= 0.3 is 0 Å². The molecule has 0 aliphatic carbocycles. The lowest BCUT2D eigenvalue weighted by molar-refractivity contribution is -0.384. The molecule has 100 valence electrons. The van der Waals surface area contributed by atoms with Gasteiger partial charge in [-0.25, -0.2) is 0 Å². The Hall–Kier alpha value is -2.02. The highest BCUT2D eigenvalue weighted by atomic mass is 32.1. The van der Waals surface area contributed by atoms with Crippen LogP contribution in [0.25, 0.3) is 11.4 Å². The van der Waals surface area contributed by atoms with Gasteiger partial charge in [-0.05, 0) is 38.6 Å². The standard InChI is InChI=1S/C12H14N4O2S/c1-7(2)15-11(13-14-12(15)19)10-6-9(16(17)18)5-4-8(10)3/h4-7H,1-3H3,(H,14,19). The summed E-state index contributed by atoms with van der Waals surface area (Å²) in [6, 6.07) is 4.86. The summed E-state index contributed by atoms with van der Waals surface area (Å²) in [5.74, 6) is 0.626. The smallest absolute Gasteiger partial charge is 0.270 e. The van der Waals surface area contributed by atoms with Gasteiger partial charge in [0.1, 0.15) is 0 Å². The second-order valence-corrected chi connectivity index (χ2v) is 4.96. The molecule has 1 aromatic heterocycles. The maximum absolute atomic E-state index is 10.9. The summed E-state index contributed by atoms with van der Waals surface area (Å²) in [5, 5.41) is 17.8. The number of H-pyrrole nitrogens is 1. The van der Waals surface area contributed by atoms with E-state index in [-0.39, 0.29) is 11.7 Å². The van der Waals surface area contributed by atoms with E-state index in [1.165, 1.54) is 12.1 Å². The third kappa shape index (κ3) is 2.41. The second kappa shape index (κ2) is 4.93. The number of benzene rings is 1. The number of aromatic amines is 1. The van der Waals surface area contributed by atoms with E-state index >= 15 is 0 Å². The summed E-state index contributed by atoms with van der Waals surface area (Å²) in [5.41, 5.74) is 1.68. The molecule has 19 heavy (non-hydrogen) atoms. The number of aryl methyl sites for hydroxylation is 1. The second-order valence-electron chi connectivity index (χ2n) is 4.57. The SMILES string of the molecule is Cc1ccc([N+](=O)[O-])cc1-c1n[nH]c(=S)n1C(C)C. The number of nitro benzene ring substituents is 1. The van der Waals surface area contributed by atoms with Crippen molar-refractivity contribution in [2.45, 2.75) is 26.8 Å². The fourth-order valence-corrected chi connectivity index (χ4v) is 2.28. The first kappa shape index (κ1) is 13.4. The molecule has 0 fully saturated rings. The molecule has 0 saturated carbocycles. The molecule has 0 atom stereocenters. The summed E-state index contributed by atoms with van der Waals surface area (Å²) in [6.07, 6.45) is 0. The Bertz CT molecular complexity index is 687. The molecule has 0 spiro atoms. The van der Waals surface area contributed by atoms with Gasteiger partial charge < -0.3 is 0 Å². The Labute approximate surface area is 115 Å². The van der Waals surface area contributed by atoms with Crippen LogP contribution in [0.4, 0.5) is 5.69 Å². The zero-order chi connectivity index (χ0) is 14.2. The Balaban J connectivity index is 2.68. The fraction of sp³-hybridized carbons (Fsp3) is 0.333. The number of rotatable bonds is 3. The van der Waals surface area contributed by atoms with Crippen molar-refractivity contribution >= 4 is 17.9 Å². The first-order valence-electron chi connectivity index (χ1n) is 5.84. The van der Waals surface area contributed by atoms with Crippen LogP contribution in [0.2, 0.25) is 0 Å². The highest BCUT2D eigenvalue weighted by molar-refractivity contribution is 7.71. The number of non-ortho nitro benzene ring substituents is 1. The number of nitrogens with zero attached hydrogens (tertiary/aromatic N) is 3. The Morgan fingerprint density at radius 2 is 2.16 bits per heavy atom. The predicted octanol–water partition coefficient (Wildman–Crippen LogP) is 3.41. The van der Waals surface area contributed by atoms with Crippen LogP contribution in [0.3, 0.4) is 0 Å². The van der Waals surface area contributed by atoms with Gasteiger partial charge in [-0.15, -0.1) is 0 Å². The molecule has 0 amide bonds. The summed E-state index contributed by atoms with van der Waals surface area (Å²) in [7, 11) is 0. The van der Waals surface area contributed by atoms with Gasteiger partial charge in [0.2, 0.25) is 0 Å². The molecule has 0 aliphatic heterocycles. The Kier molecular flexibility index (Phi) is 3.48. The zero-order valence-electron chi connectivity index (χ0n) is 10.9. The maximum atomic E-state index is 10.9. The summed E-state index contributed by atoms with van der Waals surface area (Å²) in [6.45, 7) is 5.87.